The van der Waals surface area contributed by atoms with Crippen LogP contribution < -0.4 is 0 Å². The summed E-state index contributed by atoms with van der Waals surface area (Å²) in [4.78, 5) is 13.1. The SMILES string of the molecule is O=C=Nc1ccc(C(F)(F)F)cc1Br. The minimum absolute atomic E-state index is 0.107. The minimum Gasteiger partial charge on any atom is -0.211 e. The lowest BCUT2D eigenvalue weighted by Crippen LogP contribution is -2.04. The maximum absolute atomic E-state index is 12.2. The van der Waals surface area contributed by atoms with Crippen LogP contribution in [-0.4, -0.2) is 6.08 Å². The van der Waals surface area contributed by atoms with Crippen molar-refractivity contribution in [1.82, 2.24) is 0 Å². The van der Waals surface area contributed by atoms with Crippen LogP contribution in [0, 0.1) is 0 Å². The summed E-state index contributed by atoms with van der Waals surface area (Å²) in [5, 5.41) is 0. The first-order valence-corrected chi connectivity index (χ1v) is 4.19. The summed E-state index contributed by atoms with van der Waals surface area (Å²) >= 11 is 2.87. The number of hydrogen-bond acceptors (Lipinski definition) is 2. The molecule has 0 saturated heterocycles. The minimum atomic E-state index is -4.40. The molecule has 0 amide bonds. The van der Waals surface area contributed by atoms with Gasteiger partial charge in [-0.05, 0) is 34.1 Å². The third-order valence-electron chi connectivity index (χ3n) is 1.44. The van der Waals surface area contributed by atoms with Crippen molar-refractivity contribution in [2.75, 3.05) is 0 Å². The second-order valence-electron chi connectivity index (χ2n) is 2.37. The van der Waals surface area contributed by atoms with Crippen LogP contribution in [0.5, 0.6) is 0 Å². The Bertz CT molecular complexity index is 396. The highest BCUT2D eigenvalue weighted by molar-refractivity contribution is 9.10. The standard InChI is InChI=1S/C8H3BrF3NO/c9-6-3-5(8(10,11)12)1-2-7(6)13-4-14/h1-3H. The van der Waals surface area contributed by atoms with Gasteiger partial charge in [0, 0.05) is 4.47 Å². The first-order chi connectivity index (χ1) is 6.45. The van der Waals surface area contributed by atoms with E-state index in [0.717, 1.165) is 18.2 Å². The Labute approximate surface area is 85.6 Å². The Morgan fingerprint density at radius 3 is 2.43 bits per heavy atom. The maximum atomic E-state index is 12.2. The Morgan fingerprint density at radius 2 is 2.00 bits per heavy atom. The van der Waals surface area contributed by atoms with Gasteiger partial charge in [-0.1, -0.05) is 0 Å². The van der Waals surface area contributed by atoms with Crippen molar-refractivity contribution in [2.45, 2.75) is 6.18 Å². The highest BCUT2D eigenvalue weighted by Crippen LogP contribution is 2.34. The molecule has 0 atom stereocenters. The van der Waals surface area contributed by atoms with E-state index in [4.69, 9.17) is 0 Å². The molecule has 0 spiro atoms. The van der Waals surface area contributed by atoms with Gasteiger partial charge in [0.25, 0.3) is 0 Å². The van der Waals surface area contributed by atoms with E-state index in [9.17, 15) is 18.0 Å². The summed E-state index contributed by atoms with van der Waals surface area (Å²) in [6.07, 6.45) is -3.15. The van der Waals surface area contributed by atoms with Gasteiger partial charge in [-0.25, -0.2) is 4.79 Å². The highest BCUT2D eigenvalue weighted by atomic mass is 79.9. The highest BCUT2D eigenvalue weighted by Gasteiger charge is 2.30. The predicted molar refractivity (Wildman–Crippen MR) is 46.9 cm³/mol. The summed E-state index contributed by atoms with van der Waals surface area (Å²) in [5.74, 6) is 0. The molecule has 0 heterocycles. The Balaban J connectivity index is 3.19. The third-order valence-corrected chi connectivity index (χ3v) is 2.08. The largest absolute Gasteiger partial charge is 0.416 e. The number of nitrogens with zero attached hydrogens (tertiary/aromatic N) is 1. The number of halogens is 4. The fourth-order valence-corrected chi connectivity index (χ4v) is 1.29. The molecule has 0 aromatic heterocycles. The van der Waals surface area contributed by atoms with Gasteiger partial charge < -0.3 is 0 Å². The second-order valence-corrected chi connectivity index (χ2v) is 3.22. The monoisotopic (exact) mass is 265 g/mol. The van der Waals surface area contributed by atoms with E-state index in [1.807, 2.05) is 0 Å². The van der Waals surface area contributed by atoms with E-state index in [0.29, 0.717) is 0 Å². The molecule has 0 radical (unpaired) electrons. The summed E-state index contributed by atoms with van der Waals surface area (Å²) < 4.78 is 36.6. The van der Waals surface area contributed by atoms with Crippen LogP contribution in [0.2, 0.25) is 0 Å². The molecule has 0 aliphatic heterocycles. The number of alkyl halides is 3. The second kappa shape index (κ2) is 3.94. The number of hydrogen-bond donors (Lipinski definition) is 0. The van der Waals surface area contributed by atoms with E-state index >= 15 is 0 Å². The lowest BCUT2D eigenvalue weighted by Gasteiger charge is -2.06. The molecular formula is C8H3BrF3NO. The van der Waals surface area contributed by atoms with Gasteiger partial charge >= 0.3 is 6.18 Å². The Morgan fingerprint density at radius 1 is 1.36 bits per heavy atom. The van der Waals surface area contributed by atoms with E-state index < -0.39 is 11.7 Å². The van der Waals surface area contributed by atoms with Crippen LogP contribution in [0.1, 0.15) is 5.56 Å². The molecule has 0 fully saturated rings. The van der Waals surface area contributed by atoms with Crippen LogP contribution >= 0.6 is 15.9 Å². The van der Waals surface area contributed by atoms with Crippen molar-refractivity contribution in [1.29, 1.82) is 0 Å². The van der Waals surface area contributed by atoms with Crippen molar-refractivity contribution >= 4 is 27.7 Å². The van der Waals surface area contributed by atoms with Crippen molar-refractivity contribution in [3.63, 3.8) is 0 Å². The summed E-state index contributed by atoms with van der Waals surface area (Å²) in [5.41, 5.74) is -0.678. The molecule has 1 aromatic rings. The maximum Gasteiger partial charge on any atom is 0.416 e. The summed E-state index contributed by atoms with van der Waals surface area (Å²) in [6.45, 7) is 0. The van der Waals surface area contributed by atoms with E-state index in [-0.39, 0.29) is 10.2 Å². The molecule has 2 nitrogen and oxygen atoms in total. The smallest absolute Gasteiger partial charge is 0.211 e. The molecule has 0 saturated carbocycles. The van der Waals surface area contributed by atoms with E-state index in [1.54, 1.807) is 0 Å². The average molecular weight is 266 g/mol. The molecule has 1 rings (SSSR count). The molecule has 0 N–H and O–H groups in total. The lowest BCUT2D eigenvalue weighted by molar-refractivity contribution is -0.137. The first kappa shape index (κ1) is 10.9. The van der Waals surface area contributed by atoms with Crippen LogP contribution in [0.4, 0.5) is 18.9 Å². The lowest BCUT2D eigenvalue weighted by atomic mass is 10.2. The molecule has 14 heavy (non-hydrogen) atoms. The summed E-state index contributed by atoms with van der Waals surface area (Å²) in [6, 6.07) is 2.80. The average Bonchev–Trinajstić information content (AvgIpc) is 2.07. The molecular weight excluding hydrogens is 263 g/mol. The molecule has 74 valence electrons. The first-order valence-electron chi connectivity index (χ1n) is 3.40. The van der Waals surface area contributed by atoms with E-state index in [2.05, 4.69) is 20.9 Å². The van der Waals surface area contributed by atoms with Gasteiger partial charge in [0.05, 0.1) is 11.3 Å². The normalized spacial score (nSPS) is 10.9. The molecule has 0 bridgehead atoms. The fourth-order valence-electron chi connectivity index (χ4n) is 0.823. The number of aliphatic imine (C=N–C) groups is 1. The molecule has 0 aliphatic carbocycles. The number of isocyanates is 1. The molecule has 1 aromatic carbocycles. The van der Waals surface area contributed by atoms with Crippen molar-refractivity contribution in [2.24, 2.45) is 4.99 Å². The van der Waals surface area contributed by atoms with Crippen LogP contribution in [0.25, 0.3) is 0 Å². The van der Waals surface area contributed by atoms with Crippen molar-refractivity contribution in [3.05, 3.63) is 28.2 Å². The van der Waals surface area contributed by atoms with Crippen molar-refractivity contribution in [3.8, 4) is 0 Å². The summed E-state index contributed by atoms with van der Waals surface area (Å²) in [7, 11) is 0. The van der Waals surface area contributed by atoms with E-state index in [1.165, 1.54) is 6.08 Å². The fraction of sp³-hybridized carbons (Fsp3) is 0.125. The van der Waals surface area contributed by atoms with Gasteiger partial charge in [0.2, 0.25) is 6.08 Å². The van der Waals surface area contributed by atoms with Crippen LogP contribution in [-0.2, 0) is 11.0 Å². The molecule has 0 unspecified atom stereocenters. The van der Waals surface area contributed by atoms with Gasteiger partial charge in [0.15, 0.2) is 0 Å². The Hall–Kier alpha value is -1.13. The van der Waals surface area contributed by atoms with Crippen LogP contribution in [0.15, 0.2) is 27.7 Å². The van der Waals surface area contributed by atoms with Crippen LogP contribution in [0.3, 0.4) is 0 Å². The zero-order valence-electron chi connectivity index (χ0n) is 6.60. The topological polar surface area (TPSA) is 29.4 Å². The van der Waals surface area contributed by atoms with Crippen molar-refractivity contribution < 1.29 is 18.0 Å². The van der Waals surface area contributed by atoms with Gasteiger partial charge in [0.1, 0.15) is 0 Å². The number of carbonyl (C=O) groups excluding carboxylic acids is 1. The zero-order valence-corrected chi connectivity index (χ0v) is 8.19. The Kier molecular flexibility index (Phi) is 3.08. The van der Waals surface area contributed by atoms with Gasteiger partial charge in [-0.2, -0.15) is 18.2 Å². The zero-order chi connectivity index (χ0) is 10.8. The number of rotatable bonds is 1. The van der Waals surface area contributed by atoms with Gasteiger partial charge in [-0.3, -0.25) is 0 Å². The van der Waals surface area contributed by atoms with Gasteiger partial charge in [-0.15, -0.1) is 0 Å². The molecule has 6 heteroatoms. The third kappa shape index (κ3) is 2.43. The molecule has 0 aliphatic rings. The quantitative estimate of drug-likeness (QED) is 0.565. The number of benzene rings is 1. The predicted octanol–water partition coefficient (Wildman–Crippen LogP) is 3.44.